The van der Waals surface area contributed by atoms with Crippen LogP contribution in [0.2, 0.25) is 0 Å². The number of aromatic nitrogens is 1. The van der Waals surface area contributed by atoms with Crippen LogP contribution in [0.3, 0.4) is 0 Å². The van der Waals surface area contributed by atoms with Gasteiger partial charge in [-0.3, -0.25) is 0 Å². The average molecular weight is 300 g/mol. The quantitative estimate of drug-likeness (QED) is 0.506. The summed E-state index contributed by atoms with van der Waals surface area (Å²) in [6.45, 7) is 5.00. The van der Waals surface area contributed by atoms with Gasteiger partial charge in [-0.15, -0.1) is 0 Å². The van der Waals surface area contributed by atoms with Crippen LogP contribution in [0, 0.1) is 6.92 Å². The summed E-state index contributed by atoms with van der Waals surface area (Å²) in [7, 11) is 0. The third-order valence-corrected chi connectivity index (χ3v) is 3.26. The lowest BCUT2D eigenvalue weighted by Gasteiger charge is -2.29. The highest BCUT2D eigenvalue weighted by molar-refractivity contribution is 6.15. The van der Waals surface area contributed by atoms with Crippen molar-refractivity contribution < 1.29 is 19.1 Å². The van der Waals surface area contributed by atoms with Gasteiger partial charge >= 0.3 is 11.9 Å². The molecule has 0 aliphatic carbocycles. The Hall–Kier alpha value is -2.76. The molecule has 1 saturated heterocycles. The summed E-state index contributed by atoms with van der Waals surface area (Å²) in [6, 6.07) is 7.70. The van der Waals surface area contributed by atoms with E-state index in [1.165, 1.54) is 20.0 Å². The molecule has 0 radical (unpaired) electrons. The summed E-state index contributed by atoms with van der Waals surface area (Å²) >= 11 is 0. The van der Waals surface area contributed by atoms with Crippen LogP contribution in [0.4, 0.5) is 5.69 Å². The van der Waals surface area contributed by atoms with Crippen LogP contribution in [0.15, 0.2) is 36.0 Å². The number of benzene rings is 1. The minimum Gasteiger partial charge on any atom is -0.419 e. The molecule has 1 aromatic carbocycles. The van der Waals surface area contributed by atoms with Crippen molar-refractivity contribution in [2.75, 3.05) is 5.32 Å². The van der Waals surface area contributed by atoms with E-state index in [0.29, 0.717) is 0 Å². The SMILES string of the molecule is Cc1cc2cc(NC=C3C(=O)OC(C)(C)OC3=O)ccc2[nH]1. The fourth-order valence-electron chi connectivity index (χ4n) is 2.30. The summed E-state index contributed by atoms with van der Waals surface area (Å²) < 4.78 is 10.0. The van der Waals surface area contributed by atoms with Crippen molar-refractivity contribution in [3.05, 3.63) is 41.7 Å². The topological polar surface area (TPSA) is 80.4 Å². The van der Waals surface area contributed by atoms with Gasteiger partial charge < -0.3 is 19.8 Å². The number of esters is 2. The number of rotatable bonds is 2. The lowest BCUT2D eigenvalue weighted by atomic mass is 10.2. The van der Waals surface area contributed by atoms with Gasteiger partial charge in [0.2, 0.25) is 0 Å². The Kier molecular flexibility index (Phi) is 3.16. The average Bonchev–Trinajstić information content (AvgIpc) is 2.75. The van der Waals surface area contributed by atoms with Crippen LogP contribution in [0.1, 0.15) is 19.5 Å². The monoisotopic (exact) mass is 300 g/mol. The van der Waals surface area contributed by atoms with Crippen LogP contribution < -0.4 is 5.32 Å². The van der Waals surface area contributed by atoms with Gasteiger partial charge in [0.1, 0.15) is 0 Å². The number of fused-ring (bicyclic) bond motifs is 1. The summed E-state index contributed by atoms with van der Waals surface area (Å²) in [5.74, 6) is -2.63. The third-order valence-electron chi connectivity index (χ3n) is 3.26. The third kappa shape index (κ3) is 2.67. The number of ether oxygens (including phenoxy) is 2. The first-order valence-corrected chi connectivity index (χ1v) is 6.87. The fraction of sp³-hybridized carbons (Fsp3) is 0.250. The van der Waals surface area contributed by atoms with Crippen molar-refractivity contribution in [3.8, 4) is 0 Å². The number of hydrogen-bond donors (Lipinski definition) is 2. The first-order chi connectivity index (χ1) is 10.3. The Morgan fingerprint density at radius 3 is 2.50 bits per heavy atom. The molecule has 0 atom stereocenters. The van der Waals surface area contributed by atoms with Gasteiger partial charge in [0.05, 0.1) is 0 Å². The minimum absolute atomic E-state index is 0.162. The maximum Gasteiger partial charge on any atom is 0.350 e. The highest BCUT2D eigenvalue weighted by Crippen LogP contribution is 2.24. The van der Waals surface area contributed by atoms with E-state index in [2.05, 4.69) is 10.3 Å². The molecule has 2 aromatic rings. The molecule has 0 amide bonds. The molecule has 2 heterocycles. The molecule has 0 saturated carbocycles. The van der Waals surface area contributed by atoms with E-state index in [1.807, 2.05) is 31.2 Å². The highest BCUT2D eigenvalue weighted by Gasteiger charge is 2.38. The van der Waals surface area contributed by atoms with Crippen LogP contribution in [0.5, 0.6) is 0 Å². The zero-order chi connectivity index (χ0) is 15.9. The van der Waals surface area contributed by atoms with Crippen molar-refractivity contribution in [2.45, 2.75) is 26.6 Å². The Labute approximate surface area is 127 Å². The van der Waals surface area contributed by atoms with Crippen molar-refractivity contribution in [2.24, 2.45) is 0 Å². The molecule has 114 valence electrons. The molecule has 1 aliphatic rings. The van der Waals surface area contributed by atoms with Gasteiger partial charge in [-0.05, 0) is 31.2 Å². The fourth-order valence-corrected chi connectivity index (χ4v) is 2.30. The van der Waals surface area contributed by atoms with E-state index >= 15 is 0 Å². The lowest BCUT2D eigenvalue weighted by molar-refractivity contribution is -0.222. The summed E-state index contributed by atoms with van der Waals surface area (Å²) in [5.41, 5.74) is 2.68. The van der Waals surface area contributed by atoms with Gasteiger partial charge in [-0.1, -0.05) is 0 Å². The Balaban J connectivity index is 1.82. The molecule has 6 heteroatoms. The maximum atomic E-state index is 11.8. The van der Waals surface area contributed by atoms with E-state index < -0.39 is 17.7 Å². The molecule has 0 bridgehead atoms. The molecule has 1 aromatic heterocycles. The number of H-pyrrole nitrogens is 1. The lowest BCUT2D eigenvalue weighted by Crippen LogP contribution is -2.42. The number of carbonyl (C=O) groups is 2. The molecule has 3 rings (SSSR count). The van der Waals surface area contributed by atoms with E-state index in [9.17, 15) is 9.59 Å². The zero-order valence-electron chi connectivity index (χ0n) is 12.5. The van der Waals surface area contributed by atoms with E-state index in [1.54, 1.807) is 0 Å². The normalized spacial score (nSPS) is 17.1. The second-order valence-electron chi connectivity index (χ2n) is 5.64. The van der Waals surface area contributed by atoms with Crippen LogP contribution in [0.25, 0.3) is 10.9 Å². The predicted octanol–water partition coefficient (Wildman–Crippen LogP) is 2.61. The molecule has 0 spiro atoms. The second kappa shape index (κ2) is 4.91. The molecule has 22 heavy (non-hydrogen) atoms. The molecular formula is C16H16N2O4. The first-order valence-electron chi connectivity index (χ1n) is 6.87. The van der Waals surface area contributed by atoms with Crippen molar-refractivity contribution in [1.82, 2.24) is 4.98 Å². The molecule has 1 fully saturated rings. The van der Waals surface area contributed by atoms with Crippen LogP contribution in [-0.4, -0.2) is 22.7 Å². The standard InChI is InChI=1S/C16H16N2O4/c1-9-6-10-7-11(4-5-13(10)18-9)17-8-12-14(19)21-16(2,3)22-15(12)20/h4-8,17-18H,1-3H3. The Bertz CT molecular complexity index is 780. The number of hydrogen-bond acceptors (Lipinski definition) is 5. The summed E-state index contributed by atoms with van der Waals surface area (Å²) in [6.07, 6.45) is 1.31. The highest BCUT2D eigenvalue weighted by atomic mass is 16.7. The molecular weight excluding hydrogens is 284 g/mol. The van der Waals surface area contributed by atoms with E-state index in [-0.39, 0.29) is 5.57 Å². The smallest absolute Gasteiger partial charge is 0.350 e. The van der Waals surface area contributed by atoms with E-state index in [0.717, 1.165) is 22.3 Å². The van der Waals surface area contributed by atoms with Crippen molar-refractivity contribution in [1.29, 1.82) is 0 Å². The van der Waals surface area contributed by atoms with Gasteiger partial charge in [0, 0.05) is 42.3 Å². The van der Waals surface area contributed by atoms with Gasteiger partial charge in [-0.2, -0.15) is 0 Å². The van der Waals surface area contributed by atoms with Crippen molar-refractivity contribution >= 4 is 28.5 Å². The van der Waals surface area contributed by atoms with Gasteiger partial charge in [0.25, 0.3) is 5.79 Å². The first kappa shape index (κ1) is 14.2. The number of carbonyl (C=O) groups excluding carboxylic acids is 2. The number of aryl methyl sites for hydroxylation is 1. The van der Waals surface area contributed by atoms with Gasteiger partial charge in [-0.25, -0.2) is 9.59 Å². The summed E-state index contributed by atoms with van der Waals surface area (Å²) in [5, 5.41) is 3.96. The van der Waals surface area contributed by atoms with Crippen LogP contribution in [-0.2, 0) is 19.1 Å². The molecule has 6 nitrogen and oxygen atoms in total. The summed E-state index contributed by atoms with van der Waals surface area (Å²) in [4.78, 5) is 26.9. The van der Waals surface area contributed by atoms with Gasteiger partial charge in [0.15, 0.2) is 5.57 Å². The largest absolute Gasteiger partial charge is 0.419 e. The second-order valence-corrected chi connectivity index (χ2v) is 5.64. The van der Waals surface area contributed by atoms with Crippen molar-refractivity contribution in [3.63, 3.8) is 0 Å². The predicted molar refractivity (Wildman–Crippen MR) is 81.0 cm³/mol. The number of nitrogens with one attached hydrogen (secondary N) is 2. The number of anilines is 1. The van der Waals surface area contributed by atoms with Crippen LogP contribution >= 0.6 is 0 Å². The maximum absolute atomic E-state index is 11.8. The zero-order valence-corrected chi connectivity index (χ0v) is 12.5. The van der Waals surface area contributed by atoms with E-state index in [4.69, 9.17) is 9.47 Å². The molecule has 0 unspecified atom stereocenters. The number of cyclic esters (lactones) is 2. The Morgan fingerprint density at radius 1 is 1.14 bits per heavy atom. The molecule has 2 N–H and O–H groups in total. The number of aromatic amines is 1. The minimum atomic E-state index is -1.23. The Morgan fingerprint density at radius 2 is 1.82 bits per heavy atom. The molecule has 1 aliphatic heterocycles.